The number of ether oxygens (including phenoxy) is 1. The minimum Gasteiger partial charge on any atom is -0.385 e. The van der Waals surface area contributed by atoms with Crippen LogP contribution >= 0.6 is 15.9 Å². The molecule has 4 nitrogen and oxygen atoms in total. The quantitative estimate of drug-likeness (QED) is 0.782. The first kappa shape index (κ1) is 16.0. The summed E-state index contributed by atoms with van der Waals surface area (Å²) in [4.78, 5) is 13.1. The topological polar surface area (TPSA) is 41.6 Å². The maximum absolute atomic E-state index is 11.4. The first-order valence-corrected chi connectivity index (χ1v) is 7.06. The van der Waals surface area contributed by atoms with Crippen LogP contribution in [0.3, 0.4) is 0 Å². The number of hydrogen-bond donors (Lipinski definition) is 1. The van der Waals surface area contributed by atoms with Crippen molar-refractivity contribution in [3.63, 3.8) is 0 Å². The zero-order valence-corrected chi connectivity index (χ0v) is 13.3. The lowest BCUT2D eigenvalue weighted by atomic mass is 10.2. The lowest BCUT2D eigenvalue weighted by Crippen LogP contribution is -2.22. The third kappa shape index (κ3) is 5.20. The van der Waals surface area contributed by atoms with Gasteiger partial charge in [0.1, 0.15) is 0 Å². The predicted octanol–water partition coefficient (Wildman–Crippen LogP) is 2.88. The van der Waals surface area contributed by atoms with Crippen LogP contribution in [-0.4, -0.2) is 38.6 Å². The van der Waals surface area contributed by atoms with Gasteiger partial charge in [-0.25, -0.2) is 0 Å². The van der Waals surface area contributed by atoms with E-state index in [-0.39, 0.29) is 5.91 Å². The molecule has 0 spiro atoms. The second kappa shape index (κ2) is 8.17. The fourth-order valence-electron chi connectivity index (χ4n) is 1.70. The zero-order chi connectivity index (χ0) is 14.3. The Balaban J connectivity index is 2.49. The molecule has 1 amide bonds. The Hall–Kier alpha value is -1.07. The number of carbonyl (C=O) groups is 1. The Morgan fingerprint density at radius 2 is 2.16 bits per heavy atom. The summed E-state index contributed by atoms with van der Waals surface area (Å²) >= 11 is 3.52. The van der Waals surface area contributed by atoms with Gasteiger partial charge >= 0.3 is 0 Å². The summed E-state index contributed by atoms with van der Waals surface area (Å²) in [7, 11) is 5.24. The largest absolute Gasteiger partial charge is 0.385 e. The highest BCUT2D eigenvalue weighted by atomic mass is 79.9. The molecule has 0 fully saturated rings. The zero-order valence-electron chi connectivity index (χ0n) is 11.7. The summed E-state index contributed by atoms with van der Waals surface area (Å²) in [5, 5.41) is 3.35. The lowest BCUT2D eigenvalue weighted by Gasteiger charge is -2.14. The van der Waals surface area contributed by atoms with E-state index in [0.717, 1.165) is 28.7 Å². The standard InChI is InChI=1S/C14H21BrN2O2/c1-17(2)14(18)8-5-9-16-13-7-4-6-12(15)11(13)10-19-3/h4,6-7,16H,5,8-10H2,1-3H3. The van der Waals surface area contributed by atoms with Crippen LogP contribution < -0.4 is 5.32 Å². The summed E-state index contributed by atoms with van der Waals surface area (Å²) in [5.74, 6) is 0.160. The molecule has 5 heteroatoms. The van der Waals surface area contributed by atoms with Crippen molar-refractivity contribution in [3.05, 3.63) is 28.2 Å². The van der Waals surface area contributed by atoms with E-state index in [1.807, 2.05) is 18.2 Å². The SMILES string of the molecule is COCc1c(Br)cccc1NCCCC(=O)N(C)C. The van der Waals surface area contributed by atoms with Crippen molar-refractivity contribution in [2.45, 2.75) is 19.4 Å². The van der Waals surface area contributed by atoms with Gasteiger partial charge in [-0.3, -0.25) is 4.79 Å². The van der Waals surface area contributed by atoms with Crippen LogP contribution in [0.4, 0.5) is 5.69 Å². The molecule has 0 aliphatic heterocycles. The number of nitrogens with one attached hydrogen (secondary N) is 1. The highest BCUT2D eigenvalue weighted by Crippen LogP contribution is 2.25. The summed E-state index contributed by atoms with van der Waals surface area (Å²) in [5.41, 5.74) is 2.15. The molecule has 19 heavy (non-hydrogen) atoms. The molecule has 0 aliphatic carbocycles. The monoisotopic (exact) mass is 328 g/mol. The summed E-state index contributed by atoms with van der Waals surface area (Å²) < 4.78 is 6.23. The van der Waals surface area contributed by atoms with Crippen molar-refractivity contribution < 1.29 is 9.53 Å². The van der Waals surface area contributed by atoms with Gasteiger partial charge in [-0.05, 0) is 18.6 Å². The minimum absolute atomic E-state index is 0.160. The van der Waals surface area contributed by atoms with Gasteiger partial charge in [0.2, 0.25) is 5.91 Å². The molecule has 0 aromatic heterocycles. The van der Waals surface area contributed by atoms with E-state index < -0.39 is 0 Å². The third-order valence-corrected chi connectivity index (χ3v) is 3.53. The summed E-state index contributed by atoms with van der Waals surface area (Å²) in [6.45, 7) is 1.33. The number of carbonyl (C=O) groups excluding carboxylic acids is 1. The second-order valence-electron chi connectivity index (χ2n) is 4.52. The van der Waals surface area contributed by atoms with E-state index in [4.69, 9.17) is 4.74 Å². The maximum atomic E-state index is 11.4. The molecule has 0 radical (unpaired) electrons. The van der Waals surface area contributed by atoms with Gasteiger partial charge in [0.15, 0.2) is 0 Å². The van der Waals surface area contributed by atoms with E-state index >= 15 is 0 Å². The number of anilines is 1. The number of benzene rings is 1. The van der Waals surface area contributed by atoms with Gasteiger partial charge in [-0.15, -0.1) is 0 Å². The maximum Gasteiger partial charge on any atom is 0.222 e. The molecule has 0 bridgehead atoms. The van der Waals surface area contributed by atoms with Crippen molar-refractivity contribution in [3.8, 4) is 0 Å². The van der Waals surface area contributed by atoms with Gasteiger partial charge in [0, 0.05) is 49.9 Å². The van der Waals surface area contributed by atoms with Crippen molar-refractivity contribution in [1.82, 2.24) is 4.90 Å². The molecular weight excluding hydrogens is 308 g/mol. The van der Waals surface area contributed by atoms with Gasteiger partial charge < -0.3 is 15.0 Å². The Labute approximate surface area is 123 Å². The lowest BCUT2D eigenvalue weighted by molar-refractivity contribution is -0.128. The molecule has 0 saturated carbocycles. The summed E-state index contributed by atoms with van der Waals surface area (Å²) in [6, 6.07) is 6.00. The molecular formula is C14H21BrN2O2. The Morgan fingerprint density at radius 1 is 1.42 bits per heavy atom. The van der Waals surface area contributed by atoms with Crippen LogP contribution in [0.25, 0.3) is 0 Å². The van der Waals surface area contributed by atoms with Crippen LogP contribution in [0.2, 0.25) is 0 Å². The number of nitrogens with zero attached hydrogens (tertiary/aromatic N) is 1. The molecule has 0 heterocycles. The van der Waals surface area contributed by atoms with Crippen molar-refractivity contribution >= 4 is 27.5 Å². The first-order chi connectivity index (χ1) is 9.06. The van der Waals surface area contributed by atoms with Crippen LogP contribution in [0.5, 0.6) is 0 Å². The highest BCUT2D eigenvalue weighted by Gasteiger charge is 2.07. The van der Waals surface area contributed by atoms with E-state index in [0.29, 0.717) is 13.0 Å². The molecule has 0 unspecified atom stereocenters. The number of amides is 1. The molecule has 0 saturated heterocycles. The fraction of sp³-hybridized carbons (Fsp3) is 0.500. The van der Waals surface area contributed by atoms with Crippen molar-refractivity contribution in [2.75, 3.05) is 33.1 Å². The molecule has 0 atom stereocenters. The van der Waals surface area contributed by atoms with Crippen molar-refractivity contribution in [1.29, 1.82) is 0 Å². The first-order valence-electron chi connectivity index (χ1n) is 6.26. The Kier molecular flexibility index (Phi) is 6.87. The van der Waals surface area contributed by atoms with E-state index in [2.05, 4.69) is 21.2 Å². The minimum atomic E-state index is 0.160. The smallest absolute Gasteiger partial charge is 0.222 e. The number of halogens is 1. The Bertz CT molecular complexity index is 422. The van der Waals surface area contributed by atoms with Gasteiger partial charge in [-0.1, -0.05) is 22.0 Å². The number of rotatable bonds is 7. The van der Waals surface area contributed by atoms with Gasteiger partial charge in [-0.2, -0.15) is 0 Å². The number of hydrogen-bond acceptors (Lipinski definition) is 3. The van der Waals surface area contributed by atoms with Crippen LogP contribution in [0, 0.1) is 0 Å². The molecule has 1 N–H and O–H groups in total. The summed E-state index contributed by atoms with van der Waals surface area (Å²) in [6.07, 6.45) is 1.38. The fourth-order valence-corrected chi connectivity index (χ4v) is 2.18. The highest BCUT2D eigenvalue weighted by molar-refractivity contribution is 9.10. The molecule has 1 rings (SSSR count). The Morgan fingerprint density at radius 3 is 2.79 bits per heavy atom. The van der Waals surface area contributed by atoms with E-state index in [1.54, 1.807) is 26.1 Å². The van der Waals surface area contributed by atoms with E-state index in [9.17, 15) is 4.79 Å². The average Bonchev–Trinajstić information content (AvgIpc) is 2.37. The molecule has 0 aliphatic rings. The van der Waals surface area contributed by atoms with Gasteiger partial charge in [0.25, 0.3) is 0 Å². The molecule has 106 valence electrons. The third-order valence-electron chi connectivity index (χ3n) is 2.79. The van der Waals surface area contributed by atoms with Crippen LogP contribution in [0.15, 0.2) is 22.7 Å². The van der Waals surface area contributed by atoms with E-state index in [1.165, 1.54) is 0 Å². The predicted molar refractivity (Wildman–Crippen MR) is 81.3 cm³/mol. The normalized spacial score (nSPS) is 10.3. The van der Waals surface area contributed by atoms with Crippen LogP contribution in [0.1, 0.15) is 18.4 Å². The van der Waals surface area contributed by atoms with Gasteiger partial charge in [0.05, 0.1) is 6.61 Å². The van der Waals surface area contributed by atoms with Crippen molar-refractivity contribution in [2.24, 2.45) is 0 Å². The molecule has 1 aromatic rings. The molecule has 1 aromatic carbocycles. The second-order valence-corrected chi connectivity index (χ2v) is 5.37. The van der Waals surface area contributed by atoms with Crippen LogP contribution in [-0.2, 0) is 16.1 Å². The number of methoxy groups -OCH3 is 1. The average molecular weight is 329 g/mol.